The Hall–Kier alpha value is -2.66. The Balaban J connectivity index is 1.73. The number of rotatable bonds is 1. The molecule has 4 rings (SSSR count). The summed E-state index contributed by atoms with van der Waals surface area (Å²) in [5.74, 6) is 0. The number of anilines is 2. The zero-order chi connectivity index (χ0) is 16.5. The van der Waals surface area contributed by atoms with Gasteiger partial charge in [0.15, 0.2) is 5.69 Å². The van der Waals surface area contributed by atoms with Crippen molar-refractivity contribution >= 4 is 28.7 Å². The second kappa shape index (κ2) is 6.09. The Labute approximate surface area is 145 Å². The van der Waals surface area contributed by atoms with E-state index >= 15 is 0 Å². The molecule has 1 aliphatic heterocycles. The van der Waals surface area contributed by atoms with Crippen molar-refractivity contribution in [3.05, 3.63) is 70.7 Å². The van der Waals surface area contributed by atoms with Crippen LogP contribution in [0.4, 0.5) is 16.2 Å². The van der Waals surface area contributed by atoms with E-state index in [0.29, 0.717) is 6.54 Å². The first-order valence-corrected chi connectivity index (χ1v) is 8.84. The molecule has 3 aromatic rings. The third-order valence-electron chi connectivity index (χ3n) is 4.20. The Morgan fingerprint density at radius 1 is 1.12 bits per heavy atom. The van der Waals surface area contributed by atoms with E-state index in [9.17, 15) is 4.79 Å². The molecular weight excluding hydrogens is 318 g/mol. The first-order valence-electron chi connectivity index (χ1n) is 7.96. The predicted molar refractivity (Wildman–Crippen MR) is 97.1 cm³/mol. The number of nitrogens with zero attached hydrogens (tertiary/aromatic N) is 2. The van der Waals surface area contributed by atoms with Crippen molar-refractivity contribution in [3.63, 3.8) is 0 Å². The largest absolute Gasteiger partial charge is 0.326 e. The van der Waals surface area contributed by atoms with Crippen molar-refractivity contribution in [2.75, 3.05) is 16.8 Å². The fourth-order valence-corrected chi connectivity index (χ4v) is 4.05. The Kier molecular flexibility index (Phi) is 3.78. The minimum absolute atomic E-state index is 0.0953. The molecule has 24 heavy (non-hydrogen) atoms. The standard InChI is InChI=1S/C19H17N3OS/c1-14-13-24-18-11-12-21(16-9-5-6-10-17(16)22(14)18)19(23)20-15-7-3-2-4-8-15/h2-10,13H,11-12H2,1H3/p+1. The van der Waals surface area contributed by atoms with Crippen LogP contribution in [0.15, 0.2) is 60.0 Å². The van der Waals surface area contributed by atoms with E-state index in [2.05, 4.69) is 28.3 Å². The molecule has 1 N–H and O–H groups in total. The molecule has 0 unspecified atom stereocenters. The van der Waals surface area contributed by atoms with Gasteiger partial charge in [0.25, 0.3) is 0 Å². The van der Waals surface area contributed by atoms with Gasteiger partial charge in [0, 0.05) is 25.2 Å². The SMILES string of the molecule is Cc1csc2[n+]1-c1ccccc1N(C(=O)Nc1ccccc1)CC2. The number of benzene rings is 2. The monoisotopic (exact) mass is 336 g/mol. The summed E-state index contributed by atoms with van der Waals surface area (Å²) in [4.78, 5) is 14.7. The third kappa shape index (κ3) is 2.57. The molecule has 0 saturated carbocycles. The van der Waals surface area contributed by atoms with Gasteiger partial charge in [0.1, 0.15) is 5.69 Å². The minimum Gasteiger partial charge on any atom is -0.308 e. The van der Waals surface area contributed by atoms with Crippen LogP contribution >= 0.6 is 11.3 Å². The zero-order valence-electron chi connectivity index (χ0n) is 13.4. The maximum atomic E-state index is 12.8. The molecule has 1 aliphatic rings. The molecule has 1 aromatic heterocycles. The first kappa shape index (κ1) is 14.9. The second-order valence-electron chi connectivity index (χ2n) is 5.79. The lowest BCUT2D eigenvalue weighted by atomic mass is 10.2. The molecule has 0 radical (unpaired) electrons. The van der Waals surface area contributed by atoms with Gasteiger partial charge in [-0.3, -0.25) is 4.90 Å². The summed E-state index contributed by atoms with van der Waals surface area (Å²) in [6.07, 6.45) is 0.843. The normalized spacial score (nSPS) is 13.0. The van der Waals surface area contributed by atoms with Gasteiger partial charge < -0.3 is 5.32 Å². The van der Waals surface area contributed by atoms with Gasteiger partial charge in [-0.25, -0.2) is 4.79 Å². The van der Waals surface area contributed by atoms with Crippen molar-refractivity contribution in [2.45, 2.75) is 13.3 Å². The highest BCUT2D eigenvalue weighted by Gasteiger charge is 2.31. The summed E-state index contributed by atoms with van der Waals surface area (Å²) in [7, 11) is 0. The number of amides is 2. The Morgan fingerprint density at radius 2 is 1.88 bits per heavy atom. The van der Waals surface area contributed by atoms with Crippen LogP contribution in [0.3, 0.4) is 0 Å². The fourth-order valence-electron chi connectivity index (χ4n) is 3.08. The summed E-state index contributed by atoms with van der Waals surface area (Å²) in [5, 5.41) is 6.44. The van der Waals surface area contributed by atoms with E-state index in [4.69, 9.17) is 0 Å². The fraction of sp³-hybridized carbons (Fsp3) is 0.158. The number of hydrogen-bond donors (Lipinski definition) is 1. The number of carbonyl (C=O) groups is 1. The maximum Gasteiger partial charge on any atom is 0.326 e. The van der Waals surface area contributed by atoms with E-state index < -0.39 is 0 Å². The smallest absolute Gasteiger partial charge is 0.308 e. The summed E-state index contributed by atoms with van der Waals surface area (Å²) in [6.45, 7) is 2.77. The topological polar surface area (TPSA) is 36.2 Å². The van der Waals surface area contributed by atoms with Crippen molar-refractivity contribution in [1.29, 1.82) is 0 Å². The van der Waals surface area contributed by atoms with E-state index in [1.165, 1.54) is 10.7 Å². The van der Waals surface area contributed by atoms with Crippen LogP contribution in [0.2, 0.25) is 0 Å². The van der Waals surface area contributed by atoms with Gasteiger partial charge in [-0.05, 0) is 18.2 Å². The maximum absolute atomic E-state index is 12.8. The summed E-state index contributed by atoms with van der Waals surface area (Å²) < 4.78 is 2.26. The number of carbonyl (C=O) groups excluding carboxylic acids is 1. The van der Waals surface area contributed by atoms with Crippen LogP contribution in [0.1, 0.15) is 10.7 Å². The lowest BCUT2D eigenvalue weighted by molar-refractivity contribution is -0.603. The van der Waals surface area contributed by atoms with Gasteiger partial charge in [-0.2, -0.15) is 0 Å². The molecule has 0 saturated heterocycles. The Bertz CT molecular complexity index is 889. The minimum atomic E-state index is -0.0953. The average molecular weight is 336 g/mol. The van der Waals surface area contributed by atoms with Gasteiger partial charge in [-0.1, -0.05) is 41.7 Å². The highest BCUT2D eigenvalue weighted by Crippen LogP contribution is 2.27. The molecular formula is C19H18N3OS+. The number of hydrogen-bond acceptors (Lipinski definition) is 2. The van der Waals surface area contributed by atoms with Crippen molar-refractivity contribution in [1.82, 2.24) is 0 Å². The Morgan fingerprint density at radius 3 is 2.71 bits per heavy atom. The number of para-hydroxylation sites is 3. The molecule has 2 aromatic carbocycles. The van der Waals surface area contributed by atoms with E-state index in [1.54, 1.807) is 11.3 Å². The van der Waals surface area contributed by atoms with Crippen molar-refractivity contribution in [2.24, 2.45) is 0 Å². The van der Waals surface area contributed by atoms with Crippen LogP contribution < -0.4 is 14.8 Å². The predicted octanol–water partition coefficient (Wildman–Crippen LogP) is 3.93. The molecule has 4 nitrogen and oxygen atoms in total. The van der Waals surface area contributed by atoms with Crippen LogP contribution in [-0.4, -0.2) is 12.6 Å². The quantitative estimate of drug-likeness (QED) is 0.672. The molecule has 2 amide bonds. The first-order chi connectivity index (χ1) is 11.7. The molecule has 0 spiro atoms. The molecule has 0 aliphatic carbocycles. The summed E-state index contributed by atoms with van der Waals surface area (Å²) >= 11 is 1.75. The molecule has 5 heteroatoms. The van der Waals surface area contributed by atoms with E-state index in [-0.39, 0.29) is 6.03 Å². The number of fused-ring (bicyclic) bond motifs is 3. The van der Waals surface area contributed by atoms with Gasteiger partial charge in [0.2, 0.25) is 10.7 Å². The lowest BCUT2D eigenvalue weighted by Gasteiger charge is -2.21. The number of urea groups is 1. The molecule has 0 atom stereocenters. The molecule has 2 heterocycles. The summed E-state index contributed by atoms with van der Waals surface area (Å²) in [6, 6.07) is 17.6. The van der Waals surface area contributed by atoms with Crippen molar-refractivity contribution < 1.29 is 9.36 Å². The number of aromatic nitrogens is 1. The van der Waals surface area contributed by atoms with Crippen LogP contribution in [0, 0.1) is 6.92 Å². The highest BCUT2D eigenvalue weighted by molar-refractivity contribution is 7.09. The van der Waals surface area contributed by atoms with E-state index in [1.807, 2.05) is 53.4 Å². The summed E-state index contributed by atoms with van der Waals surface area (Å²) in [5.41, 5.74) is 4.01. The van der Waals surface area contributed by atoms with Gasteiger partial charge in [0.05, 0.1) is 11.8 Å². The second-order valence-corrected chi connectivity index (χ2v) is 6.74. The van der Waals surface area contributed by atoms with Crippen LogP contribution in [0.5, 0.6) is 0 Å². The van der Waals surface area contributed by atoms with E-state index in [0.717, 1.165) is 23.5 Å². The molecule has 0 fully saturated rings. The third-order valence-corrected chi connectivity index (χ3v) is 5.32. The number of nitrogens with one attached hydrogen (secondary N) is 1. The van der Waals surface area contributed by atoms with Crippen LogP contribution in [0.25, 0.3) is 5.69 Å². The zero-order valence-corrected chi connectivity index (χ0v) is 14.2. The highest BCUT2D eigenvalue weighted by atomic mass is 32.1. The van der Waals surface area contributed by atoms with Crippen LogP contribution in [-0.2, 0) is 6.42 Å². The van der Waals surface area contributed by atoms with Gasteiger partial charge >= 0.3 is 6.03 Å². The number of aryl methyl sites for hydroxylation is 1. The van der Waals surface area contributed by atoms with Gasteiger partial charge in [-0.15, -0.1) is 4.57 Å². The van der Waals surface area contributed by atoms with Crippen molar-refractivity contribution in [3.8, 4) is 5.69 Å². The molecule has 0 bridgehead atoms. The number of thiazole rings is 1. The molecule has 120 valence electrons. The lowest BCUT2D eigenvalue weighted by Crippen LogP contribution is -2.37. The average Bonchev–Trinajstić information content (AvgIpc) is 2.88.